The Bertz CT molecular complexity index is 738. The van der Waals surface area contributed by atoms with Gasteiger partial charge in [-0.3, -0.25) is 4.79 Å². The molecule has 2 rings (SSSR count). The van der Waals surface area contributed by atoms with E-state index in [0.717, 1.165) is 35.6 Å². The molecule has 140 valence electrons. The second-order valence-electron chi connectivity index (χ2n) is 6.50. The van der Waals surface area contributed by atoms with Crippen LogP contribution in [0.4, 0.5) is 17.1 Å². The van der Waals surface area contributed by atoms with Gasteiger partial charge in [0.2, 0.25) is 5.91 Å². The number of aryl methyl sites for hydroxylation is 2. The summed E-state index contributed by atoms with van der Waals surface area (Å²) in [6, 6.07) is 14.4. The molecule has 0 spiro atoms. The number of amides is 1. The van der Waals surface area contributed by atoms with Gasteiger partial charge in [-0.2, -0.15) is 0 Å². The van der Waals surface area contributed by atoms with E-state index in [9.17, 15) is 4.79 Å². The van der Waals surface area contributed by atoms with Crippen molar-refractivity contribution < 1.29 is 4.79 Å². The molecule has 0 saturated carbocycles. The van der Waals surface area contributed by atoms with Gasteiger partial charge in [0.05, 0.1) is 6.54 Å². The molecule has 0 bridgehead atoms. The highest BCUT2D eigenvalue weighted by atomic mass is 16.2. The molecule has 0 aromatic heterocycles. The summed E-state index contributed by atoms with van der Waals surface area (Å²) in [5, 5.41) is 3.30. The zero-order valence-corrected chi connectivity index (χ0v) is 16.7. The quantitative estimate of drug-likeness (QED) is 0.752. The summed E-state index contributed by atoms with van der Waals surface area (Å²) in [5.41, 5.74) is 5.49. The molecule has 0 aliphatic heterocycles. The van der Waals surface area contributed by atoms with Crippen molar-refractivity contribution in [3.05, 3.63) is 53.6 Å². The predicted octanol–water partition coefficient (Wildman–Crippen LogP) is 4.61. The monoisotopic (exact) mass is 353 g/mol. The minimum absolute atomic E-state index is 0.0744. The largest absolute Gasteiger partial charge is 0.376 e. The van der Waals surface area contributed by atoms with E-state index in [1.54, 1.807) is 0 Å². The molecule has 0 heterocycles. The molecule has 0 unspecified atom stereocenters. The van der Waals surface area contributed by atoms with Crippen molar-refractivity contribution in [1.82, 2.24) is 0 Å². The fraction of sp³-hybridized carbons (Fsp3) is 0.409. The molecule has 26 heavy (non-hydrogen) atoms. The maximum absolute atomic E-state index is 12.7. The molecule has 2 aromatic carbocycles. The van der Waals surface area contributed by atoms with E-state index in [0.29, 0.717) is 6.54 Å². The van der Waals surface area contributed by atoms with Gasteiger partial charge in [-0.05, 0) is 76.1 Å². The summed E-state index contributed by atoms with van der Waals surface area (Å²) in [4.78, 5) is 16.8. The Labute approximate surface area is 157 Å². The second-order valence-corrected chi connectivity index (χ2v) is 6.50. The van der Waals surface area contributed by atoms with Gasteiger partial charge in [-0.25, -0.2) is 0 Å². The van der Waals surface area contributed by atoms with Crippen LogP contribution in [0.5, 0.6) is 0 Å². The summed E-state index contributed by atoms with van der Waals surface area (Å²) >= 11 is 0. The van der Waals surface area contributed by atoms with E-state index in [4.69, 9.17) is 0 Å². The summed E-state index contributed by atoms with van der Waals surface area (Å²) in [7, 11) is 0. The first-order chi connectivity index (χ1) is 12.5. The van der Waals surface area contributed by atoms with Crippen molar-refractivity contribution in [2.45, 2.75) is 34.6 Å². The molecular formula is C22H31N3O. The molecule has 0 atom stereocenters. The normalized spacial score (nSPS) is 10.5. The topological polar surface area (TPSA) is 35.6 Å². The SMILES string of the molecule is CCN(CC)c1ccc(NCC(=O)N(CC)c2cccc(C)c2)c(C)c1. The maximum Gasteiger partial charge on any atom is 0.246 e. The Morgan fingerprint density at radius 3 is 2.23 bits per heavy atom. The molecule has 0 radical (unpaired) electrons. The number of hydrogen-bond acceptors (Lipinski definition) is 3. The third-order valence-electron chi connectivity index (χ3n) is 4.70. The maximum atomic E-state index is 12.7. The third kappa shape index (κ3) is 4.78. The fourth-order valence-corrected chi connectivity index (χ4v) is 3.20. The van der Waals surface area contributed by atoms with Gasteiger partial charge in [0, 0.05) is 36.7 Å². The van der Waals surface area contributed by atoms with Crippen molar-refractivity contribution in [2.75, 3.05) is 41.3 Å². The molecule has 4 heteroatoms. The first-order valence-electron chi connectivity index (χ1n) is 9.46. The van der Waals surface area contributed by atoms with Crippen LogP contribution in [0.3, 0.4) is 0 Å². The Hall–Kier alpha value is -2.49. The molecular weight excluding hydrogens is 322 g/mol. The molecule has 1 amide bonds. The number of carbonyl (C=O) groups excluding carboxylic acids is 1. The Morgan fingerprint density at radius 1 is 0.923 bits per heavy atom. The van der Waals surface area contributed by atoms with Crippen LogP contribution in [0.2, 0.25) is 0 Å². The lowest BCUT2D eigenvalue weighted by Gasteiger charge is -2.24. The Morgan fingerprint density at radius 2 is 1.65 bits per heavy atom. The number of benzene rings is 2. The summed E-state index contributed by atoms with van der Waals surface area (Å²) in [5.74, 6) is 0.0744. The van der Waals surface area contributed by atoms with Crippen LogP contribution in [0.15, 0.2) is 42.5 Å². The minimum Gasteiger partial charge on any atom is -0.376 e. The lowest BCUT2D eigenvalue weighted by atomic mass is 10.1. The van der Waals surface area contributed by atoms with E-state index in [1.807, 2.05) is 43.0 Å². The summed E-state index contributed by atoms with van der Waals surface area (Å²) < 4.78 is 0. The third-order valence-corrected chi connectivity index (χ3v) is 4.70. The average molecular weight is 354 g/mol. The van der Waals surface area contributed by atoms with Crippen molar-refractivity contribution >= 4 is 23.0 Å². The van der Waals surface area contributed by atoms with Crippen LogP contribution in [0.25, 0.3) is 0 Å². The van der Waals surface area contributed by atoms with Crippen molar-refractivity contribution in [1.29, 1.82) is 0 Å². The van der Waals surface area contributed by atoms with Crippen molar-refractivity contribution in [2.24, 2.45) is 0 Å². The Balaban J connectivity index is 2.06. The molecule has 0 aliphatic rings. The first kappa shape index (κ1) is 19.8. The standard InChI is InChI=1S/C22H31N3O/c1-6-24(7-2)19-12-13-21(18(5)15-19)23-16-22(26)25(8-3)20-11-9-10-17(4)14-20/h9-15,23H,6-8,16H2,1-5H3. The molecule has 4 nitrogen and oxygen atoms in total. The summed E-state index contributed by atoms with van der Waals surface area (Å²) in [6.07, 6.45) is 0. The highest BCUT2D eigenvalue weighted by molar-refractivity contribution is 5.96. The van der Waals surface area contributed by atoms with Gasteiger partial charge in [0.25, 0.3) is 0 Å². The lowest BCUT2D eigenvalue weighted by Crippen LogP contribution is -2.35. The number of anilines is 3. The predicted molar refractivity (Wildman–Crippen MR) is 112 cm³/mol. The zero-order valence-electron chi connectivity index (χ0n) is 16.7. The van der Waals surface area contributed by atoms with Gasteiger partial charge in [-0.15, -0.1) is 0 Å². The van der Waals surface area contributed by atoms with Gasteiger partial charge < -0.3 is 15.1 Å². The van der Waals surface area contributed by atoms with Crippen LogP contribution >= 0.6 is 0 Å². The molecule has 2 aromatic rings. The van der Waals surface area contributed by atoms with Gasteiger partial charge in [0.15, 0.2) is 0 Å². The number of nitrogens with one attached hydrogen (secondary N) is 1. The second kappa shape index (κ2) is 9.27. The smallest absolute Gasteiger partial charge is 0.246 e. The van der Waals surface area contributed by atoms with Crippen molar-refractivity contribution in [3.63, 3.8) is 0 Å². The van der Waals surface area contributed by atoms with E-state index in [2.05, 4.69) is 49.2 Å². The van der Waals surface area contributed by atoms with E-state index in [1.165, 1.54) is 5.69 Å². The lowest BCUT2D eigenvalue weighted by molar-refractivity contribution is -0.116. The number of nitrogens with zero attached hydrogens (tertiary/aromatic N) is 2. The van der Waals surface area contributed by atoms with Crippen LogP contribution < -0.4 is 15.1 Å². The fourth-order valence-electron chi connectivity index (χ4n) is 3.20. The molecule has 0 saturated heterocycles. The van der Waals surface area contributed by atoms with Crippen LogP contribution in [0.1, 0.15) is 31.9 Å². The highest BCUT2D eigenvalue weighted by Gasteiger charge is 2.14. The van der Waals surface area contributed by atoms with Gasteiger partial charge in [-0.1, -0.05) is 12.1 Å². The van der Waals surface area contributed by atoms with Crippen LogP contribution in [-0.2, 0) is 4.79 Å². The van der Waals surface area contributed by atoms with Gasteiger partial charge >= 0.3 is 0 Å². The number of likely N-dealkylation sites (N-methyl/N-ethyl adjacent to an activating group) is 1. The van der Waals surface area contributed by atoms with Crippen LogP contribution in [-0.4, -0.2) is 32.1 Å². The van der Waals surface area contributed by atoms with E-state index >= 15 is 0 Å². The molecule has 1 N–H and O–H groups in total. The number of carbonyl (C=O) groups is 1. The zero-order chi connectivity index (χ0) is 19.1. The molecule has 0 aliphatic carbocycles. The average Bonchev–Trinajstić information content (AvgIpc) is 2.63. The number of rotatable bonds is 8. The number of hydrogen-bond donors (Lipinski definition) is 1. The molecule has 0 fully saturated rings. The van der Waals surface area contributed by atoms with Gasteiger partial charge in [0.1, 0.15) is 0 Å². The first-order valence-corrected chi connectivity index (χ1v) is 9.46. The minimum atomic E-state index is 0.0744. The van der Waals surface area contributed by atoms with E-state index < -0.39 is 0 Å². The Kier molecular flexibility index (Phi) is 7.07. The van der Waals surface area contributed by atoms with E-state index in [-0.39, 0.29) is 12.5 Å². The van der Waals surface area contributed by atoms with Crippen molar-refractivity contribution in [3.8, 4) is 0 Å². The highest BCUT2D eigenvalue weighted by Crippen LogP contribution is 2.23. The summed E-state index contributed by atoms with van der Waals surface area (Å²) in [6.45, 7) is 13.4. The van der Waals surface area contributed by atoms with Crippen LogP contribution in [0, 0.1) is 13.8 Å².